The lowest BCUT2D eigenvalue weighted by atomic mass is 10.5. The average molecular weight is 205 g/mol. The van der Waals surface area contributed by atoms with Crippen molar-refractivity contribution >= 4 is 11.8 Å². The van der Waals surface area contributed by atoms with Crippen molar-refractivity contribution in [3.8, 4) is 0 Å². The summed E-state index contributed by atoms with van der Waals surface area (Å²) in [6.07, 6.45) is 0. The number of ether oxygens (including phenoxy) is 2. The number of hydrogen-bond donors (Lipinski definition) is 3. The number of carbonyl (C=O) groups excluding carboxylic acids is 2. The van der Waals surface area contributed by atoms with E-state index >= 15 is 0 Å². The predicted molar refractivity (Wildman–Crippen MR) is 48.0 cm³/mol. The van der Waals surface area contributed by atoms with Gasteiger partial charge in [-0.3, -0.25) is 9.59 Å². The summed E-state index contributed by atoms with van der Waals surface area (Å²) in [6.45, 7) is -0.0829. The molecule has 0 bridgehead atoms. The van der Waals surface area contributed by atoms with Crippen molar-refractivity contribution < 1.29 is 19.1 Å². The molecule has 4 N–H and O–H groups in total. The van der Waals surface area contributed by atoms with Gasteiger partial charge in [0, 0.05) is 7.11 Å². The van der Waals surface area contributed by atoms with Crippen molar-refractivity contribution in [2.24, 2.45) is 5.73 Å². The highest BCUT2D eigenvalue weighted by atomic mass is 16.7. The molecule has 0 aromatic carbocycles. The number of nitrogens with two attached hydrogens (primary N) is 1. The van der Waals surface area contributed by atoms with Crippen LogP contribution in [0.15, 0.2) is 0 Å². The predicted octanol–water partition coefficient (Wildman–Crippen LogP) is -2.24. The van der Waals surface area contributed by atoms with Gasteiger partial charge in [-0.25, -0.2) is 0 Å². The van der Waals surface area contributed by atoms with Crippen LogP contribution < -0.4 is 16.4 Å². The van der Waals surface area contributed by atoms with Crippen LogP contribution in [0.3, 0.4) is 0 Å². The number of hydrogen-bond acceptors (Lipinski definition) is 5. The van der Waals surface area contributed by atoms with Crippen molar-refractivity contribution in [1.82, 2.24) is 10.6 Å². The lowest BCUT2D eigenvalue weighted by molar-refractivity contribution is -0.127. The molecule has 0 unspecified atom stereocenters. The third-order valence-corrected chi connectivity index (χ3v) is 1.20. The molecule has 0 aliphatic rings. The minimum absolute atomic E-state index is 0.0468. The Kier molecular flexibility index (Phi) is 7.71. The topological polar surface area (TPSA) is 103 Å². The first-order chi connectivity index (χ1) is 6.70. The van der Waals surface area contributed by atoms with Crippen LogP contribution in [-0.2, 0) is 19.1 Å². The van der Waals surface area contributed by atoms with Gasteiger partial charge in [-0.2, -0.15) is 0 Å². The monoisotopic (exact) mass is 205 g/mol. The van der Waals surface area contributed by atoms with Gasteiger partial charge < -0.3 is 25.8 Å². The summed E-state index contributed by atoms with van der Waals surface area (Å²) in [4.78, 5) is 21.6. The van der Waals surface area contributed by atoms with E-state index in [0.717, 1.165) is 0 Å². The van der Waals surface area contributed by atoms with Crippen LogP contribution in [0.5, 0.6) is 0 Å². The van der Waals surface area contributed by atoms with E-state index in [1.165, 1.54) is 7.11 Å². The smallest absolute Gasteiger partial charge is 0.241 e. The van der Waals surface area contributed by atoms with E-state index in [-0.39, 0.29) is 38.4 Å². The van der Waals surface area contributed by atoms with Gasteiger partial charge in [-0.05, 0) is 0 Å². The van der Waals surface area contributed by atoms with Crippen molar-refractivity contribution in [2.45, 2.75) is 0 Å². The van der Waals surface area contributed by atoms with Crippen molar-refractivity contribution in [3.05, 3.63) is 0 Å². The van der Waals surface area contributed by atoms with Crippen molar-refractivity contribution in [2.75, 3.05) is 33.7 Å². The highest BCUT2D eigenvalue weighted by molar-refractivity contribution is 5.85. The van der Waals surface area contributed by atoms with Crippen LogP contribution in [0.1, 0.15) is 0 Å². The molecule has 0 saturated carbocycles. The van der Waals surface area contributed by atoms with Gasteiger partial charge in [-0.1, -0.05) is 0 Å². The summed E-state index contributed by atoms with van der Waals surface area (Å²) < 4.78 is 9.37. The SMILES string of the molecule is COCOCNC(=O)CNC(=O)CN. The molecule has 0 atom stereocenters. The van der Waals surface area contributed by atoms with E-state index in [2.05, 4.69) is 15.4 Å². The Bertz CT molecular complexity index is 186. The summed E-state index contributed by atoms with van der Waals surface area (Å²) in [6, 6.07) is 0. The van der Waals surface area contributed by atoms with Gasteiger partial charge in [0.05, 0.1) is 13.1 Å². The summed E-state index contributed by atoms with van der Waals surface area (Å²) in [7, 11) is 1.48. The molecule has 0 heterocycles. The number of nitrogens with one attached hydrogen (secondary N) is 2. The Morgan fingerprint density at radius 1 is 1.29 bits per heavy atom. The van der Waals surface area contributed by atoms with Crippen LogP contribution in [0.2, 0.25) is 0 Å². The van der Waals surface area contributed by atoms with Crippen LogP contribution in [-0.4, -0.2) is 45.5 Å². The fourth-order valence-corrected chi connectivity index (χ4v) is 0.570. The second-order valence-electron chi connectivity index (χ2n) is 2.34. The quantitative estimate of drug-likeness (QED) is 0.322. The molecule has 82 valence electrons. The van der Waals surface area contributed by atoms with Gasteiger partial charge in [-0.15, -0.1) is 0 Å². The molecule has 14 heavy (non-hydrogen) atoms. The lowest BCUT2D eigenvalue weighted by Gasteiger charge is -2.06. The third-order valence-electron chi connectivity index (χ3n) is 1.20. The van der Waals surface area contributed by atoms with E-state index < -0.39 is 0 Å². The van der Waals surface area contributed by atoms with Crippen molar-refractivity contribution in [3.63, 3.8) is 0 Å². The summed E-state index contributed by atoms with van der Waals surface area (Å²) in [5.41, 5.74) is 5.01. The highest BCUT2D eigenvalue weighted by Gasteiger charge is 2.02. The Morgan fingerprint density at radius 2 is 2.00 bits per heavy atom. The van der Waals surface area contributed by atoms with E-state index in [1.54, 1.807) is 0 Å². The molecule has 0 aromatic heterocycles. The number of rotatable bonds is 7. The summed E-state index contributed by atoms with van der Waals surface area (Å²) in [5.74, 6) is -0.721. The third kappa shape index (κ3) is 7.47. The number of methoxy groups -OCH3 is 1. The molecule has 0 rings (SSSR count). The van der Waals surface area contributed by atoms with Crippen LogP contribution in [0, 0.1) is 0 Å². The van der Waals surface area contributed by atoms with E-state index in [4.69, 9.17) is 10.5 Å². The molecule has 0 aromatic rings. The first kappa shape index (κ1) is 12.8. The standard InChI is InChI=1S/C7H15N3O4/c1-13-5-14-4-10-7(12)3-9-6(11)2-8/h2-5,8H2,1H3,(H,9,11)(H,10,12). The van der Waals surface area contributed by atoms with Gasteiger partial charge in [0.1, 0.15) is 13.5 Å². The van der Waals surface area contributed by atoms with Crippen LogP contribution in [0.4, 0.5) is 0 Å². The molecular weight excluding hydrogens is 190 g/mol. The fraction of sp³-hybridized carbons (Fsp3) is 0.714. The van der Waals surface area contributed by atoms with Gasteiger partial charge in [0.2, 0.25) is 11.8 Å². The second-order valence-corrected chi connectivity index (χ2v) is 2.34. The molecule has 0 aliphatic heterocycles. The van der Waals surface area contributed by atoms with Crippen molar-refractivity contribution in [1.29, 1.82) is 0 Å². The Labute approximate surface area is 81.9 Å². The van der Waals surface area contributed by atoms with E-state index in [0.29, 0.717) is 0 Å². The second kappa shape index (κ2) is 8.42. The Hall–Kier alpha value is -1.18. The Balaban J connectivity index is 3.32. The normalized spacial score (nSPS) is 9.57. The molecule has 7 heteroatoms. The zero-order valence-electron chi connectivity index (χ0n) is 8.04. The van der Waals surface area contributed by atoms with Gasteiger partial charge in [0.15, 0.2) is 0 Å². The maximum absolute atomic E-state index is 10.9. The van der Waals surface area contributed by atoms with Crippen LogP contribution >= 0.6 is 0 Å². The van der Waals surface area contributed by atoms with E-state index in [9.17, 15) is 9.59 Å². The first-order valence-corrected chi connectivity index (χ1v) is 4.00. The molecule has 0 spiro atoms. The fourth-order valence-electron chi connectivity index (χ4n) is 0.570. The van der Waals surface area contributed by atoms with E-state index in [1.807, 2.05) is 0 Å². The zero-order chi connectivity index (χ0) is 10.8. The Morgan fingerprint density at radius 3 is 2.57 bits per heavy atom. The van der Waals surface area contributed by atoms with Gasteiger partial charge >= 0.3 is 0 Å². The molecule has 0 radical (unpaired) electrons. The maximum Gasteiger partial charge on any atom is 0.241 e. The number of amides is 2. The maximum atomic E-state index is 10.9. The molecule has 2 amide bonds. The largest absolute Gasteiger partial charge is 0.359 e. The molecule has 0 fully saturated rings. The minimum atomic E-state index is -0.377. The number of carbonyl (C=O) groups is 2. The molecule has 0 aliphatic carbocycles. The summed E-state index contributed by atoms with van der Waals surface area (Å²) >= 11 is 0. The lowest BCUT2D eigenvalue weighted by Crippen LogP contribution is -2.40. The average Bonchev–Trinajstić information content (AvgIpc) is 2.21. The molecule has 7 nitrogen and oxygen atoms in total. The summed E-state index contributed by atoms with van der Waals surface area (Å²) in [5, 5.41) is 4.71. The first-order valence-electron chi connectivity index (χ1n) is 4.00. The minimum Gasteiger partial charge on any atom is -0.359 e. The molecule has 0 saturated heterocycles. The molecular formula is C7H15N3O4. The highest BCUT2D eigenvalue weighted by Crippen LogP contribution is 1.71. The van der Waals surface area contributed by atoms with Gasteiger partial charge in [0.25, 0.3) is 0 Å². The zero-order valence-corrected chi connectivity index (χ0v) is 8.04. The van der Waals surface area contributed by atoms with Crippen LogP contribution in [0.25, 0.3) is 0 Å².